The van der Waals surface area contributed by atoms with Gasteiger partial charge in [-0.25, -0.2) is 28.8 Å². The highest BCUT2D eigenvalue weighted by Crippen LogP contribution is 2.47. The molecule has 0 unspecified atom stereocenters. The molecule has 6 aromatic rings. The number of aliphatic hydroxyl groups is 1. The maximum atomic E-state index is 14.7. The molecular weight excluding hydrogens is 1280 g/mol. The fraction of sp³-hybridized carbons (Fsp3) is 0.431. The molecule has 3 atom stereocenters. The molecule has 0 saturated heterocycles. The highest BCUT2D eigenvalue weighted by Gasteiger charge is 2.37. The van der Waals surface area contributed by atoms with Crippen LogP contribution in [0.3, 0.4) is 0 Å². The lowest BCUT2D eigenvalue weighted by Gasteiger charge is -2.26. The zero-order chi connectivity index (χ0) is 69.7. The third-order valence-electron chi connectivity index (χ3n) is 15.9. The fourth-order valence-corrected chi connectivity index (χ4v) is 11.1. The number of hydrogen-bond donors (Lipinski definition) is 7. The number of halogens is 1. The van der Waals surface area contributed by atoms with Crippen molar-refractivity contribution in [3.8, 4) is 5.75 Å². The van der Waals surface area contributed by atoms with Crippen molar-refractivity contribution in [2.45, 2.75) is 65.1 Å². The van der Waals surface area contributed by atoms with Crippen LogP contribution < -0.4 is 36.6 Å². The molecule has 31 nitrogen and oxygen atoms in total. The molecule has 8 rings (SSSR count). The maximum absolute atomic E-state index is 14.7. The lowest BCUT2D eigenvalue weighted by Crippen LogP contribution is -2.46. The van der Waals surface area contributed by atoms with Crippen molar-refractivity contribution in [2.24, 2.45) is 17.6 Å². The number of nitrogens with zero attached hydrogens (tertiary/aromatic N) is 8. The van der Waals surface area contributed by atoms with Crippen LogP contribution >= 0.6 is 11.6 Å². The summed E-state index contributed by atoms with van der Waals surface area (Å²) >= 11 is 6.66. The van der Waals surface area contributed by atoms with Crippen LogP contribution in [-0.4, -0.2) is 216 Å². The van der Waals surface area contributed by atoms with E-state index in [1.165, 1.54) is 33.9 Å². The van der Waals surface area contributed by atoms with Crippen LogP contribution in [-0.2, 0) is 56.0 Å². The third-order valence-corrected chi connectivity index (χ3v) is 16.3. The van der Waals surface area contributed by atoms with Gasteiger partial charge in [-0.2, -0.15) is 0 Å². The van der Waals surface area contributed by atoms with Crippen molar-refractivity contribution in [3.05, 3.63) is 113 Å². The number of anilines is 3. The van der Waals surface area contributed by atoms with Gasteiger partial charge < -0.3 is 80.2 Å². The van der Waals surface area contributed by atoms with Gasteiger partial charge in [0.25, 0.3) is 23.6 Å². The second kappa shape index (κ2) is 35.1. The molecule has 3 aromatic heterocycles. The normalized spacial score (nSPS) is 14.0. The standard InChI is InChI=1S/C65H79ClN14O17/c1-39(2)58(73-63(89)95-29-28-94-26-22-79-54(83)15-16-55(79)84)51(82)31-42(9-7-17-68-62(67)88)59(85)70-45-13-11-41(12-14-45)38-96-64(90)76(4)18-19-77(20-25-93-27-23-81)65(91)97-52-33-50-57(56-40(3)8-6-10-46(52)56)44(34-66)36-80(50)61(87)47-30-43-32-53(69-35-48(43)71-47)72-60(86)49-37-78(75-74-49)21-24-92-5/h6,8,10-16,30,32-33,35,37,39,42,44,58,71,81H,7,9,17-29,31,34,36,38H2,1-5H3,(H,70,85)(H,73,89)(H3,67,68,88)(H,69,72,86)/t42-,44-,58+/m1/s1. The van der Waals surface area contributed by atoms with E-state index in [2.05, 4.69) is 41.5 Å². The largest absolute Gasteiger partial charge is 0.447 e. The number of methoxy groups -OCH3 is 1. The number of nitrogens with one attached hydrogen (secondary N) is 5. The van der Waals surface area contributed by atoms with Crippen molar-refractivity contribution in [1.82, 2.24) is 50.3 Å². The van der Waals surface area contributed by atoms with Gasteiger partial charge >= 0.3 is 24.3 Å². The number of urea groups is 1. The summed E-state index contributed by atoms with van der Waals surface area (Å²) < 4.78 is 34.6. The Morgan fingerprint density at radius 1 is 0.876 bits per heavy atom. The van der Waals surface area contributed by atoms with Crippen LogP contribution in [0.4, 0.5) is 36.4 Å². The molecule has 0 bridgehead atoms. The maximum Gasteiger partial charge on any atom is 0.415 e. The number of hydrogen-bond acceptors (Lipinski definition) is 20. The number of fused-ring (bicyclic) bond motifs is 4. The SMILES string of the molecule is COCCn1cc(C(=O)Nc2cc3cc(C(=O)N4C[C@@H](CCl)c5c4cc(OC(=O)N(CCOCCO)CCN(C)C(=O)OCc4ccc(NC(=O)[C@H](CCCNC(N)=O)CC(=O)[C@@H](NC(=O)OCCOCCN6C(=O)C=CC6=O)C(C)C)cc4)c4cccc(C)c54)[nH]c3cn2)nn1. The number of Topliss-reactive ketones (excluding diaryl/α,β-unsaturated/α-hetero) is 1. The summed E-state index contributed by atoms with van der Waals surface area (Å²) in [6.45, 7) is 5.74. The number of pyridine rings is 1. The summed E-state index contributed by atoms with van der Waals surface area (Å²) in [6, 6.07) is 15.1. The monoisotopic (exact) mass is 1360 g/mol. The van der Waals surface area contributed by atoms with E-state index in [0.29, 0.717) is 46.4 Å². The first-order chi connectivity index (χ1) is 46.7. The van der Waals surface area contributed by atoms with Crippen LogP contribution in [0.2, 0.25) is 0 Å². The second-order valence-corrected chi connectivity index (χ2v) is 23.5. The smallest absolute Gasteiger partial charge is 0.415 e. The minimum Gasteiger partial charge on any atom is -0.447 e. The molecule has 0 radical (unpaired) electrons. The van der Waals surface area contributed by atoms with Gasteiger partial charge in [-0.05, 0) is 72.0 Å². The van der Waals surface area contributed by atoms with E-state index >= 15 is 0 Å². The molecule has 5 heterocycles. The molecule has 0 saturated carbocycles. The number of carbonyl (C=O) groups is 10. The van der Waals surface area contributed by atoms with Gasteiger partial charge in [0, 0.05) is 106 Å². The van der Waals surface area contributed by atoms with E-state index in [1.807, 2.05) is 25.1 Å². The zero-order valence-corrected chi connectivity index (χ0v) is 55.1. The molecule has 8 N–H and O–H groups in total. The number of carbonyl (C=O) groups excluding carboxylic acids is 10. The van der Waals surface area contributed by atoms with E-state index in [4.69, 9.17) is 45.8 Å². The highest BCUT2D eigenvalue weighted by molar-refractivity contribution is 6.19. The Morgan fingerprint density at radius 3 is 2.36 bits per heavy atom. The highest BCUT2D eigenvalue weighted by atomic mass is 35.5. The first-order valence-corrected chi connectivity index (χ1v) is 31.9. The molecule has 10 amide bonds. The number of aliphatic hydroxyl groups excluding tert-OH is 1. The average Bonchev–Trinajstić information content (AvgIpc) is 1.63. The van der Waals surface area contributed by atoms with E-state index in [-0.39, 0.29) is 140 Å². The number of aromatic amines is 1. The number of alkyl halides is 1. The van der Waals surface area contributed by atoms with Crippen molar-refractivity contribution < 1.29 is 81.5 Å². The number of H-pyrrole nitrogens is 1. The van der Waals surface area contributed by atoms with Gasteiger partial charge in [0.2, 0.25) is 5.91 Å². The number of ketones is 1. The molecular formula is C65H79ClN14O17. The predicted molar refractivity (Wildman–Crippen MR) is 353 cm³/mol. The predicted octanol–water partition coefficient (Wildman–Crippen LogP) is 5.23. The lowest BCUT2D eigenvalue weighted by atomic mass is 9.89. The van der Waals surface area contributed by atoms with E-state index in [1.54, 1.807) is 68.3 Å². The van der Waals surface area contributed by atoms with Gasteiger partial charge in [-0.1, -0.05) is 49.4 Å². The molecule has 0 fully saturated rings. The third kappa shape index (κ3) is 19.8. The Bertz CT molecular complexity index is 3840. The molecule has 2 aliphatic rings. The quantitative estimate of drug-likeness (QED) is 0.0152. The first-order valence-electron chi connectivity index (χ1n) is 31.3. The van der Waals surface area contributed by atoms with Gasteiger partial charge in [0.1, 0.15) is 30.5 Å². The summed E-state index contributed by atoms with van der Waals surface area (Å²) in [7, 11) is 3.05. The van der Waals surface area contributed by atoms with Gasteiger partial charge in [0.15, 0.2) is 11.5 Å². The number of imide groups is 1. The summed E-state index contributed by atoms with van der Waals surface area (Å²) in [4.78, 5) is 144. The number of alkyl carbamates (subject to hydrolysis) is 1. The minimum atomic E-state index is -1.04. The van der Waals surface area contributed by atoms with Gasteiger partial charge in [-0.15, -0.1) is 16.7 Å². The summed E-state index contributed by atoms with van der Waals surface area (Å²) in [5, 5.41) is 29.8. The number of rotatable bonds is 35. The van der Waals surface area contributed by atoms with Crippen molar-refractivity contribution in [2.75, 3.05) is 121 Å². The number of primary amides is 1. The summed E-state index contributed by atoms with van der Waals surface area (Å²) in [6.07, 6.45) is 3.03. The van der Waals surface area contributed by atoms with Crippen LogP contribution in [0.5, 0.6) is 5.75 Å². The summed E-state index contributed by atoms with van der Waals surface area (Å²) in [5.74, 6) is -3.91. The number of ether oxygens (including phenoxy) is 6. The van der Waals surface area contributed by atoms with E-state index in [0.717, 1.165) is 33.6 Å². The first kappa shape index (κ1) is 72.7. The molecule has 518 valence electrons. The van der Waals surface area contributed by atoms with E-state index < -0.39 is 77.5 Å². The molecule has 3 aromatic carbocycles. The number of nitrogens with two attached hydrogens (primary N) is 1. The number of benzene rings is 3. The molecule has 2 aliphatic heterocycles. The van der Waals surface area contributed by atoms with Gasteiger partial charge in [0.05, 0.1) is 82.4 Å². The number of aryl methyl sites for hydroxylation is 1. The second-order valence-electron chi connectivity index (χ2n) is 23.2. The van der Waals surface area contributed by atoms with Crippen LogP contribution in [0.15, 0.2) is 85.2 Å². The average molecular weight is 1360 g/mol. The van der Waals surface area contributed by atoms with Crippen LogP contribution in [0, 0.1) is 18.8 Å². The van der Waals surface area contributed by atoms with E-state index in [9.17, 15) is 53.1 Å². The molecule has 32 heteroatoms. The molecule has 0 aliphatic carbocycles. The molecule has 97 heavy (non-hydrogen) atoms. The minimum absolute atomic E-state index is 0.00320. The van der Waals surface area contributed by atoms with Crippen LogP contribution in [0.1, 0.15) is 76.7 Å². The Hall–Kier alpha value is -10.1. The van der Waals surface area contributed by atoms with Crippen molar-refractivity contribution >= 4 is 110 Å². The Morgan fingerprint density at radius 2 is 1.64 bits per heavy atom. The number of aromatic nitrogens is 5. The fourth-order valence-electron chi connectivity index (χ4n) is 10.8. The van der Waals surface area contributed by atoms with Gasteiger partial charge in [-0.3, -0.25) is 33.7 Å². The molecule has 0 spiro atoms. The summed E-state index contributed by atoms with van der Waals surface area (Å²) in [5.41, 5.74) is 9.08. The lowest BCUT2D eigenvalue weighted by molar-refractivity contribution is -0.137. The Balaban J connectivity index is 0.868. The van der Waals surface area contributed by atoms with Crippen molar-refractivity contribution in [1.29, 1.82) is 0 Å². The number of likely N-dealkylation sites (N-methyl/N-ethyl adjacent to an activating group) is 1. The van der Waals surface area contributed by atoms with Crippen molar-refractivity contribution in [3.63, 3.8) is 0 Å². The Labute approximate surface area is 562 Å². The van der Waals surface area contributed by atoms with Crippen LogP contribution in [0.25, 0.3) is 21.7 Å². The zero-order valence-electron chi connectivity index (χ0n) is 54.3. The number of amides is 10. The topological polar surface area (TPSA) is 393 Å². The Kier molecular flexibility index (Phi) is 26.3.